The van der Waals surface area contributed by atoms with Crippen molar-refractivity contribution in [1.82, 2.24) is 15.4 Å². The maximum Gasteiger partial charge on any atom is 0.240 e. The zero-order valence-electron chi connectivity index (χ0n) is 21.3. The number of carbonyl (C=O) groups is 1. The second kappa shape index (κ2) is 10.6. The number of amides is 1. The van der Waals surface area contributed by atoms with Gasteiger partial charge in [0.15, 0.2) is 0 Å². The fourth-order valence-corrected chi connectivity index (χ4v) is 5.58. The maximum atomic E-state index is 12.9. The quantitative estimate of drug-likeness (QED) is 0.418. The molecule has 0 saturated heterocycles. The van der Waals surface area contributed by atoms with Gasteiger partial charge in [-0.1, -0.05) is 42.5 Å². The smallest absolute Gasteiger partial charge is 0.240 e. The van der Waals surface area contributed by atoms with Crippen molar-refractivity contribution in [1.29, 1.82) is 0 Å². The minimum absolute atomic E-state index is 0.0137. The van der Waals surface area contributed by atoms with Crippen LogP contribution in [0.2, 0.25) is 0 Å². The van der Waals surface area contributed by atoms with Gasteiger partial charge in [-0.2, -0.15) is 0 Å². The van der Waals surface area contributed by atoms with Crippen LogP contribution >= 0.6 is 0 Å². The highest BCUT2D eigenvalue weighted by Gasteiger charge is 2.25. The maximum absolute atomic E-state index is 12.9. The molecule has 0 unspecified atom stereocenters. The number of nitrogens with one attached hydrogen (secondary N) is 3. The van der Waals surface area contributed by atoms with Crippen LogP contribution in [0.4, 0.5) is 0 Å². The first-order valence-electron chi connectivity index (χ1n) is 12.3. The van der Waals surface area contributed by atoms with Crippen molar-refractivity contribution in [2.24, 2.45) is 0 Å². The van der Waals surface area contributed by atoms with E-state index in [-0.39, 0.29) is 28.8 Å². The van der Waals surface area contributed by atoms with Crippen molar-refractivity contribution in [2.45, 2.75) is 69.6 Å². The lowest BCUT2D eigenvalue weighted by molar-refractivity contribution is -0.122. The van der Waals surface area contributed by atoms with Crippen LogP contribution in [-0.2, 0) is 21.4 Å². The van der Waals surface area contributed by atoms with Crippen molar-refractivity contribution in [3.63, 3.8) is 0 Å². The third kappa shape index (κ3) is 6.63. The standard InChI is InChI=1S/C28H35N3O4S/c1-19(31-36(33,34)23-11-10-21-7-5-6-8-22(21)17-23)15-27(32)30-25-13-14-35-26-16-20(9-12-24(25)26)18-29-28(2,3)4/h5-12,16-17,19,25,29,31H,13-15,18H2,1-4H3,(H,30,32)/t19-,25+/m0/s1. The summed E-state index contributed by atoms with van der Waals surface area (Å²) < 4.78 is 34.3. The minimum atomic E-state index is -3.76. The fraction of sp³-hybridized carbons (Fsp3) is 0.393. The van der Waals surface area contributed by atoms with E-state index in [1.807, 2.05) is 42.5 Å². The highest BCUT2D eigenvalue weighted by molar-refractivity contribution is 7.89. The Morgan fingerprint density at radius 1 is 1.06 bits per heavy atom. The predicted octanol–water partition coefficient (Wildman–Crippen LogP) is 4.42. The number of benzene rings is 3. The van der Waals surface area contributed by atoms with Crippen molar-refractivity contribution < 1.29 is 17.9 Å². The van der Waals surface area contributed by atoms with Crippen LogP contribution in [0.3, 0.4) is 0 Å². The van der Waals surface area contributed by atoms with E-state index in [4.69, 9.17) is 4.74 Å². The van der Waals surface area contributed by atoms with Crippen LogP contribution in [0.5, 0.6) is 5.75 Å². The van der Waals surface area contributed by atoms with Gasteiger partial charge in [-0.05, 0) is 62.2 Å². The molecule has 1 heterocycles. The van der Waals surface area contributed by atoms with E-state index < -0.39 is 16.1 Å². The molecule has 0 aliphatic carbocycles. The fourth-order valence-electron chi connectivity index (χ4n) is 4.30. The Labute approximate surface area is 213 Å². The summed E-state index contributed by atoms with van der Waals surface area (Å²) in [4.78, 5) is 13.0. The molecule has 4 rings (SSSR count). The van der Waals surface area contributed by atoms with E-state index in [2.05, 4.69) is 36.1 Å². The summed E-state index contributed by atoms with van der Waals surface area (Å²) >= 11 is 0. The SMILES string of the molecule is C[C@@H](CC(=O)N[C@@H]1CCOc2cc(CNC(C)(C)C)ccc21)NS(=O)(=O)c1ccc2ccccc2c1. The molecular formula is C28H35N3O4S. The van der Waals surface area contributed by atoms with Crippen LogP contribution in [0, 0.1) is 0 Å². The normalized spacial score (nSPS) is 16.7. The van der Waals surface area contributed by atoms with Gasteiger partial charge in [0.05, 0.1) is 17.5 Å². The predicted molar refractivity (Wildman–Crippen MR) is 142 cm³/mol. The Balaban J connectivity index is 1.36. The van der Waals surface area contributed by atoms with E-state index in [0.717, 1.165) is 34.2 Å². The zero-order chi connectivity index (χ0) is 25.9. The molecule has 3 aromatic carbocycles. The average Bonchev–Trinajstić information content (AvgIpc) is 2.81. The molecule has 192 valence electrons. The lowest BCUT2D eigenvalue weighted by atomic mass is 9.98. The minimum Gasteiger partial charge on any atom is -0.493 e. The Kier molecular flexibility index (Phi) is 7.68. The molecule has 1 aliphatic rings. The number of hydrogen-bond acceptors (Lipinski definition) is 5. The number of rotatable bonds is 8. The van der Waals surface area contributed by atoms with E-state index >= 15 is 0 Å². The van der Waals surface area contributed by atoms with Crippen LogP contribution in [-0.4, -0.2) is 32.5 Å². The Morgan fingerprint density at radius 2 is 1.81 bits per heavy atom. The van der Waals surface area contributed by atoms with E-state index in [1.165, 1.54) is 0 Å². The molecular weight excluding hydrogens is 474 g/mol. The van der Waals surface area contributed by atoms with Gasteiger partial charge in [0, 0.05) is 36.5 Å². The van der Waals surface area contributed by atoms with Gasteiger partial charge in [-0.25, -0.2) is 13.1 Å². The first kappa shape index (κ1) is 26.1. The zero-order valence-corrected chi connectivity index (χ0v) is 22.1. The molecule has 8 heteroatoms. The lowest BCUT2D eigenvalue weighted by Gasteiger charge is -2.28. The topological polar surface area (TPSA) is 96.5 Å². The summed E-state index contributed by atoms with van der Waals surface area (Å²) in [6, 6.07) is 18.0. The lowest BCUT2D eigenvalue weighted by Crippen LogP contribution is -2.39. The number of ether oxygens (including phenoxy) is 1. The average molecular weight is 510 g/mol. The number of carbonyl (C=O) groups excluding carboxylic acids is 1. The molecule has 1 aliphatic heterocycles. The highest BCUT2D eigenvalue weighted by atomic mass is 32.2. The third-order valence-corrected chi connectivity index (χ3v) is 7.74. The summed E-state index contributed by atoms with van der Waals surface area (Å²) in [6.07, 6.45) is 0.697. The van der Waals surface area contributed by atoms with Gasteiger partial charge in [0.25, 0.3) is 0 Å². The molecule has 7 nitrogen and oxygen atoms in total. The molecule has 0 radical (unpaired) electrons. The van der Waals surface area contributed by atoms with Crippen LogP contribution in [0.15, 0.2) is 65.6 Å². The molecule has 0 fully saturated rings. The van der Waals surface area contributed by atoms with Crippen molar-refractivity contribution in [2.75, 3.05) is 6.61 Å². The summed E-state index contributed by atoms with van der Waals surface area (Å²) in [6.45, 7) is 9.30. The number of fused-ring (bicyclic) bond motifs is 2. The molecule has 36 heavy (non-hydrogen) atoms. The molecule has 3 N–H and O–H groups in total. The first-order valence-corrected chi connectivity index (χ1v) is 13.8. The summed E-state index contributed by atoms with van der Waals surface area (Å²) in [5.41, 5.74) is 2.07. The van der Waals surface area contributed by atoms with Crippen molar-refractivity contribution in [3.8, 4) is 5.75 Å². The van der Waals surface area contributed by atoms with Gasteiger partial charge < -0.3 is 15.4 Å². The summed E-state index contributed by atoms with van der Waals surface area (Å²) in [7, 11) is -3.76. The molecule has 1 amide bonds. The Bertz CT molecular complexity index is 1350. The number of sulfonamides is 1. The summed E-state index contributed by atoms with van der Waals surface area (Å²) in [5, 5.41) is 8.35. The van der Waals surface area contributed by atoms with Gasteiger partial charge in [0.2, 0.25) is 15.9 Å². The summed E-state index contributed by atoms with van der Waals surface area (Å²) in [5.74, 6) is 0.574. The van der Waals surface area contributed by atoms with Crippen LogP contribution in [0.25, 0.3) is 10.8 Å². The molecule has 0 spiro atoms. The van der Waals surface area contributed by atoms with Crippen molar-refractivity contribution in [3.05, 3.63) is 71.8 Å². The van der Waals surface area contributed by atoms with E-state index in [9.17, 15) is 13.2 Å². The van der Waals surface area contributed by atoms with Gasteiger partial charge in [-0.3, -0.25) is 4.79 Å². The second-order valence-electron chi connectivity index (χ2n) is 10.5. The largest absolute Gasteiger partial charge is 0.493 e. The first-order chi connectivity index (χ1) is 17.0. The van der Waals surface area contributed by atoms with Crippen molar-refractivity contribution >= 4 is 26.7 Å². The molecule has 3 aromatic rings. The van der Waals surface area contributed by atoms with Gasteiger partial charge in [-0.15, -0.1) is 0 Å². The Hall–Kier alpha value is -2.94. The molecule has 0 bridgehead atoms. The second-order valence-corrected chi connectivity index (χ2v) is 12.2. The van der Waals surface area contributed by atoms with Gasteiger partial charge >= 0.3 is 0 Å². The highest BCUT2D eigenvalue weighted by Crippen LogP contribution is 2.33. The monoisotopic (exact) mass is 509 g/mol. The molecule has 0 saturated carbocycles. The van der Waals surface area contributed by atoms with Crippen LogP contribution in [0.1, 0.15) is 57.7 Å². The van der Waals surface area contributed by atoms with Crippen LogP contribution < -0.4 is 20.1 Å². The van der Waals surface area contributed by atoms with E-state index in [0.29, 0.717) is 13.0 Å². The molecule has 2 atom stereocenters. The molecule has 0 aromatic heterocycles. The third-order valence-electron chi connectivity index (χ3n) is 6.15. The van der Waals surface area contributed by atoms with E-state index in [1.54, 1.807) is 25.1 Å². The number of hydrogen-bond donors (Lipinski definition) is 3. The van der Waals surface area contributed by atoms with Gasteiger partial charge in [0.1, 0.15) is 5.75 Å². The Morgan fingerprint density at radius 3 is 2.56 bits per heavy atom.